The van der Waals surface area contributed by atoms with Crippen molar-refractivity contribution in [1.29, 1.82) is 0 Å². The van der Waals surface area contributed by atoms with Crippen molar-refractivity contribution >= 4 is 0 Å². The van der Waals surface area contributed by atoms with Crippen LogP contribution in [0.25, 0.3) is 0 Å². The van der Waals surface area contributed by atoms with E-state index in [9.17, 15) is 0 Å². The molecule has 1 aliphatic heterocycles. The van der Waals surface area contributed by atoms with Crippen LogP contribution in [-0.4, -0.2) is 35.7 Å². The lowest BCUT2D eigenvalue weighted by atomic mass is 10.0. The summed E-state index contributed by atoms with van der Waals surface area (Å²) in [6.45, 7) is 5.31. The molecule has 0 spiro atoms. The molecule has 0 amide bonds. The van der Waals surface area contributed by atoms with Crippen molar-refractivity contribution in [3.63, 3.8) is 0 Å². The Bertz CT molecular complexity index is 143. The third kappa shape index (κ3) is 4.98. The van der Waals surface area contributed by atoms with Crippen molar-refractivity contribution in [1.82, 2.24) is 4.90 Å². The Labute approximate surface area is 94.7 Å². The van der Waals surface area contributed by atoms with Crippen molar-refractivity contribution in [2.24, 2.45) is 0 Å². The number of piperidine rings is 1. The fraction of sp³-hybridized carbons (Fsp3) is 1.00. The molecule has 2 heteroatoms. The van der Waals surface area contributed by atoms with Crippen LogP contribution in [-0.2, 0) is 0 Å². The fourth-order valence-corrected chi connectivity index (χ4v) is 2.60. The molecule has 0 aromatic carbocycles. The van der Waals surface area contributed by atoms with Gasteiger partial charge in [-0.2, -0.15) is 0 Å². The zero-order valence-corrected chi connectivity index (χ0v) is 10.2. The molecule has 15 heavy (non-hydrogen) atoms. The topological polar surface area (TPSA) is 23.5 Å². The van der Waals surface area contributed by atoms with Crippen LogP contribution in [0.15, 0.2) is 0 Å². The Hall–Kier alpha value is -0.0800. The van der Waals surface area contributed by atoms with Crippen molar-refractivity contribution < 1.29 is 5.11 Å². The van der Waals surface area contributed by atoms with E-state index >= 15 is 0 Å². The molecule has 1 saturated heterocycles. The van der Waals surface area contributed by atoms with Gasteiger partial charge in [0.1, 0.15) is 0 Å². The average molecular weight is 213 g/mol. The molecule has 0 aromatic rings. The highest BCUT2D eigenvalue weighted by atomic mass is 16.2. The lowest BCUT2D eigenvalue weighted by molar-refractivity contribution is 0.148. The van der Waals surface area contributed by atoms with Crippen LogP contribution < -0.4 is 0 Å². The van der Waals surface area contributed by atoms with Gasteiger partial charge in [0.25, 0.3) is 0 Å². The largest absolute Gasteiger partial charge is 0.396 e. The first kappa shape index (κ1) is 13.0. The number of rotatable bonds is 7. The summed E-state index contributed by atoms with van der Waals surface area (Å²) in [5.41, 5.74) is 0. The van der Waals surface area contributed by atoms with Gasteiger partial charge in [-0.15, -0.1) is 0 Å². The molecule has 1 fully saturated rings. The highest BCUT2D eigenvalue weighted by Gasteiger charge is 2.18. The number of hydrogen-bond acceptors (Lipinski definition) is 2. The van der Waals surface area contributed by atoms with E-state index in [0.717, 1.165) is 12.5 Å². The van der Waals surface area contributed by atoms with Crippen molar-refractivity contribution in [3.8, 4) is 0 Å². The van der Waals surface area contributed by atoms with Crippen LogP contribution in [0, 0.1) is 0 Å². The third-order valence-corrected chi connectivity index (χ3v) is 3.57. The summed E-state index contributed by atoms with van der Waals surface area (Å²) in [4.78, 5) is 2.68. The minimum absolute atomic E-state index is 0.362. The zero-order valence-electron chi connectivity index (χ0n) is 10.2. The van der Waals surface area contributed by atoms with E-state index in [2.05, 4.69) is 11.8 Å². The lowest BCUT2D eigenvalue weighted by Crippen LogP contribution is -2.38. The van der Waals surface area contributed by atoms with E-state index in [0.29, 0.717) is 6.61 Å². The van der Waals surface area contributed by atoms with Crippen molar-refractivity contribution in [3.05, 3.63) is 0 Å². The molecule has 0 bridgehead atoms. The highest BCUT2D eigenvalue weighted by molar-refractivity contribution is 4.73. The molecule has 1 atom stereocenters. The zero-order chi connectivity index (χ0) is 10.9. The molecular weight excluding hydrogens is 186 g/mol. The normalized spacial score (nSPS) is 20.4. The summed E-state index contributed by atoms with van der Waals surface area (Å²) >= 11 is 0. The number of hydrogen-bond donors (Lipinski definition) is 1. The van der Waals surface area contributed by atoms with E-state index in [1.165, 1.54) is 58.0 Å². The SMILES string of the molecule is CCC(CCCCCO)N1CCCCC1. The van der Waals surface area contributed by atoms with Gasteiger partial charge in [-0.05, 0) is 45.2 Å². The van der Waals surface area contributed by atoms with E-state index in [-0.39, 0.29) is 0 Å². The van der Waals surface area contributed by atoms with E-state index < -0.39 is 0 Å². The molecule has 90 valence electrons. The predicted octanol–water partition coefficient (Wildman–Crippen LogP) is 2.80. The summed E-state index contributed by atoms with van der Waals surface area (Å²) in [5.74, 6) is 0. The fourth-order valence-electron chi connectivity index (χ4n) is 2.60. The molecular formula is C13H27NO. The first-order valence-electron chi connectivity index (χ1n) is 6.73. The maximum absolute atomic E-state index is 8.73. The van der Waals surface area contributed by atoms with Gasteiger partial charge in [0.2, 0.25) is 0 Å². The van der Waals surface area contributed by atoms with Gasteiger partial charge in [-0.3, -0.25) is 0 Å². The van der Waals surface area contributed by atoms with Crippen LogP contribution >= 0.6 is 0 Å². The molecule has 0 radical (unpaired) electrons. The van der Waals surface area contributed by atoms with Crippen LogP contribution in [0.3, 0.4) is 0 Å². The number of unbranched alkanes of at least 4 members (excludes halogenated alkanes) is 2. The molecule has 1 aliphatic rings. The molecule has 2 nitrogen and oxygen atoms in total. The average Bonchev–Trinajstić information content (AvgIpc) is 2.30. The van der Waals surface area contributed by atoms with Gasteiger partial charge in [0, 0.05) is 12.6 Å². The van der Waals surface area contributed by atoms with Crippen molar-refractivity contribution in [2.75, 3.05) is 19.7 Å². The summed E-state index contributed by atoms with van der Waals surface area (Å²) in [6, 6.07) is 0.809. The van der Waals surface area contributed by atoms with Gasteiger partial charge in [0.05, 0.1) is 0 Å². The third-order valence-electron chi connectivity index (χ3n) is 3.57. The van der Waals surface area contributed by atoms with Gasteiger partial charge < -0.3 is 10.0 Å². The van der Waals surface area contributed by atoms with E-state index in [4.69, 9.17) is 5.11 Å². The molecule has 1 N–H and O–H groups in total. The van der Waals surface area contributed by atoms with Gasteiger partial charge >= 0.3 is 0 Å². The minimum atomic E-state index is 0.362. The van der Waals surface area contributed by atoms with Crippen LogP contribution in [0.2, 0.25) is 0 Å². The standard InChI is InChI=1S/C13H27NO/c1-2-13(9-5-3-8-12-15)14-10-6-4-7-11-14/h13,15H,2-12H2,1H3. The smallest absolute Gasteiger partial charge is 0.0431 e. The number of likely N-dealkylation sites (tertiary alicyclic amines) is 1. The monoisotopic (exact) mass is 213 g/mol. The lowest BCUT2D eigenvalue weighted by Gasteiger charge is -2.34. The quantitative estimate of drug-likeness (QED) is 0.657. The molecule has 1 heterocycles. The summed E-state index contributed by atoms with van der Waals surface area (Å²) in [5, 5.41) is 8.73. The second kappa shape index (κ2) is 8.12. The Morgan fingerprint density at radius 2 is 1.80 bits per heavy atom. The minimum Gasteiger partial charge on any atom is -0.396 e. The van der Waals surface area contributed by atoms with Crippen LogP contribution in [0.4, 0.5) is 0 Å². The highest BCUT2D eigenvalue weighted by Crippen LogP contribution is 2.18. The predicted molar refractivity (Wildman–Crippen MR) is 65.1 cm³/mol. The Balaban J connectivity index is 2.15. The van der Waals surface area contributed by atoms with Crippen LogP contribution in [0.5, 0.6) is 0 Å². The summed E-state index contributed by atoms with van der Waals surface area (Å²) in [7, 11) is 0. The van der Waals surface area contributed by atoms with Gasteiger partial charge in [-0.1, -0.05) is 26.2 Å². The molecule has 0 aliphatic carbocycles. The summed E-state index contributed by atoms with van der Waals surface area (Å²) in [6.07, 6.45) is 10.3. The van der Waals surface area contributed by atoms with Gasteiger partial charge in [0.15, 0.2) is 0 Å². The molecule has 1 unspecified atom stereocenters. The van der Waals surface area contributed by atoms with Gasteiger partial charge in [-0.25, -0.2) is 0 Å². The van der Waals surface area contributed by atoms with Crippen LogP contribution in [0.1, 0.15) is 58.3 Å². The first-order valence-corrected chi connectivity index (χ1v) is 6.73. The van der Waals surface area contributed by atoms with Crippen molar-refractivity contribution in [2.45, 2.75) is 64.3 Å². The number of aliphatic hydroxyl groups is 1. The molecule has 0 saturated carbocycles. The molecule has 1 rings (SSSR count). The Kier molecular flexibility index (Phi) is 7.03. The van der Waals surface area contributed by atoms with E-state index in [1.54, 1.807) is 0 Å². The number of aliphatic hydroxyl groups excluding tert-OH is 1. The summed E-state index contributed by atoms with van der Waals surface area (Å²) < 4.78 is 0. The second-order valence-electron chi connectivity index (χ2n) is 4.73. The maximum atomic E-state index is 8.73. The number of nitrogens with zero attached hydrogens (tertiary/aromatic N) is 1. The Morgan fingerprint density at radius 1 is 1.07 bits per heavy atom. The maximum Gasteiger partial charge on any atom is 0.0431 e. The first-order chi connectivity index (χ1) is 7.38. The molecule has 0 aromatic heterocycles. The Morgan fingerprint density at radius 3 is 2.40 bits per heavy atom. The second-order valence-corrected chi connectivity index (χ2v) is 4.73. The van der Waals surface area contributed by atoms with E-state index in [1.807, 2.05) is 0 Å².